The predicted molar refractivity (Wildman–Crippen MR) is 124 cm³/mol. The first kappa shape index (κ1) is 21.5. The second-order valence-corrected chi connectivity index (χ2v) is 10.2. The number of hydrogen-bond donors (Lipinski definition) is 0. The maximum Gasteiger partial charge on any atom is 0.243 e. The second-order valence-electron chi connectivity index (χ2n) is 8.31. The maximum atomic E-state index is 13.4. The summed E-state index contributed by atoms with van der Waals surface area (Å²) in [6.07, 6.45) is 7.33. The van der Waals surface area contributed by atoms with Crippen molar-refractivity contribution >= 4 is 15.8 Å². The van der Waals surface area contributed by atoms with Crippen molar-refractivity contribution in [2.75, 3.05) is 24.5 Å². The van der Waals surface area contributed by atoms with E-state index in [4.69, 9.17) is 9.97 Å². The maximum absolute atomic E-state index is 13.4. The van der Waals surface area contributed by atoms with Gasteiger partial charge in [0.1, 0.15) is 5.82 Å². The molecule has 4 heterocycles. The molecule has 2 aliphatic rings. The van der Waals surface area contributed by atoms with Gasteiger partial charge in [0.2, 0.25) is 10.0 Å². The van der Waals surface area contributed by atoms with Gasteiger partial charge in [0, 0.05) is 56.1 Å². The number of hydrogen-bond acceptors (Lipinski definition) is 7. The Bertz CT molecular complexity index is 1310. The molecule has 3 aromatic rings. The van der Waals surface area contributed by atoms with Crippen LogP contribution in [0.5, 0.6) is 0 Å². The number of sulfonamides is 1. The molecule has 0 saturated carbocycles. The number of rotatable bonds is 4. The molecule has 1 fully saturated rings. The Kier molecular flexibility index (Phi) is 5.79. The average molecular weight is 461 g/mol. The fourth-order valence-electron chi connectivity index (χ4n) is 4.45. The summed E-state index contributed by atoms with van der Waals surface area (Å²) in [6.45, 7) is 2.35. The van der Waals surface area contributed by atoms with Crippen LogP contribution in [0.15, 0.2) is 53.7 Å². The number of piperidine rings is 1. The Labute approximate surface area is 193 Å². The number of aromatic nitrogens is 3. The van der Waals surface area contributed by atoms with Crippen LogP contribution in [0.1, 0.15) is 36.1 Å². The van der Waals surface area contributed by atoms with Gasteiger partial charge in [-0.05, 0) is 49.6 Å². The van der Waals surface area contributed by atoms with Crippen LogP contribution in [0.3, 0.4) is 0 Å². The van der Waals surface area contributed by atoms with Crippen molar-refractivity contribution in [3.63, 3.8) is 0 Å². The summed E-state index contributed by atoms with van der Waals surface area (Å²) >= 11 is 0. The first-order valence-corrected chi connectivity index (χ1v) is 12.6. The van der Waals surface area contributed by atoms with Crippen molar-refractivity contribution in [1.29, 1.82) is 5.26 Å². The summed E-state index contributed by atoms with van der Waals surface area (Å²) in [4.78, 5) is 16.2. The van der Waals surface area contributed by atoms with Crippen molar-refractivity contribution in [3.8, 4) is 17.5 Å². The lowest BCUT2D eigenvalue weighted by Crippen LogP contribution is -2.39. The molecule has 9 heteroatoms. The highest BCUT2D eigenvalue weighted by atomic mass is 32.2. The van der Waals surface area contributed by atoms with E-state index >= 15 is 0 Å². The molecule has 0 spiro atoms. The molecular formula is C24H24N6O2S. The summed E-state index contributed by atoms with van der Waals surface area (Å²) in [5.41, 5.74) is 3.00. The molecule has 5 rings (SSSR count). The highest BCUT2D eigenvalue weighted by molar-refractivity contribution is 7.89. The molecule has 0 bridgehead atoms. The minimum atomic E-state index is -3.75. The third-order valence-electron chi connectivity index (χ3n) is 6.20. The number of anilines is 1. The molecule has 0 amide bonds. The van der Waals surface area contributed by atoms with Crippen molar-refractivity contribution in [2.45, 2.75) is 37.1 Å². The van der Waals surface area contributed by atoms with E-state index in [0.717, 1.165) is 48.6 Å². The van der Waals surface area contributed by atoms with E-state index in [2.05, 4.69) is 9.88 Å². The van der Waals surface area contributed by atoms with Crippen LogP contribution in [0.25, 0.3) is 11.4 Å². The van der Waals surface area contributed by atoms with E-state index in [1.54, 1.807) is 30.6 Å². The van der Waals surface area contributed by atoms with Crippen LogP contribution in [-0.4, -0.2) is 47.3 Å². The number of fused-ring (bicyclic) bond motifs is 1. The van der Waals surface area contributed by atoms with Gasteiger partial charge in [0.05, 0.1) is 22.2 Å². The molecule has 33 heavy (non-hydrogen) atoms. The summed E-state index contributed by atoms with van der Waals surface area (Å²) in [6, 6.07) is 12.0. The fraction of sp³-hybridized carbons (Fsp3) is 0.333. The standard InChI is InChI=1S/C24H24N6O2S/c25-16-18-5-4-6-20(15-18)33(31,32)30-14-9-22-21(17-30)24(29-12-2-1-3-13-29)28-23(27-22)19-7-10-26-11-8-19/h4-8,10-11,15H,1-3,9,12-14,17H2. The molecule has 1 saturated heterocycles. The van der Waals surface area contributed by atoms with Crippen molar-refractivity contribution < 1.29 is 8.42 Å². The summed E-state index contributed by atoms with van der Waals surface area (Å²) in [5.74, 6) is 1.48. The normalized spacial score (nSPS) is 16.8. The van der Waals surface area contributed by atoms with E-state index in [1.165, 1.54) is 16.8 Å². The number of benzene rings is 1. The molecule has 1 aromatic carbocycles. The molecule has 0 unspecified atom stereocenters. The van der Waals surface area contributed by atoms with Crippen LogP contribution in [0, 0.1) is 11.3 Å². The Morgan fingerprint density at radius 1 is 0.970 bits per heavy atom. The molecule has 8 nitrogen and oxygen atoms in total. The zero-order chi connectivity index (χ0) is 22.8. The summed E-state index contributed by atoms with van der Waals surface area (Å²) in [7, 11) is -3.75. The molecule has 0 radical (unpaired) electrons. The Hall–Kier alpha value is -3.35. The van der Waals surface area contributed by atoms with Gasteiger partial charge in [-0.3, -0.25) is 4.98 Å². The van der Waals surface area contributed by atoms with E-state index in [9.17, 15) is 13.7 Å². The van der Waals surface area contributed by atoms with Crippen LogP contribution in [0.2, 0.25) is 0 Å². The van der Waals surface area contributed by atoms with Gasteiger partial charge in [-0.15, -0.1) is 0 Å². The molecule has 2 aromatic heterocycles. The fourth-order valence-corrected chi connectivity index (χ4v) is 5.90. The van der Waals surface area contributed by atoms with Gasteiger partial charge in [-0.2, -0.15) is 9.57 Å². The molecule has 2 aliphatic heterocycles. The predicted octanol–water partition coefficient (Wildman–Crippen LogP) is 3.15. The molecule has 0 N–H and O–H groups in total. The van der Waals surface area contributed by atoms with E-state index < -0.39 is 10.0 Å². The van der Waals surface area contributed by atoms with Crippen molar-refractivity contribution in [1.82, 2.24) is 19.3 Å². The zero-order valence-electron chi connectivity index (χ0n) is 18.2. The first-order valence-electron chi connectivity index (χ1n) is 11.1. The van der Waals surface area contributed by atoms with E-state index in [1.807, 2.05) is 18.2 Å². The number of nitriles is 1. The lowest BCUT2D eigenvalue weighted by atomic mass is 10.0. The van der Waals surface area contributed by atoms with Crippen LogP contribution in [0.4, 0.5) is 5.82 Å². The average Bonchev–Trinajstić information content (AvgIpc) is 2.88. The summed E-state index contributed by atoms with van der Waals surface area (Å²) < 4.78 is 28.3. The van der Waals surface area contributed by atoms with Crippen LogP contribution >= 0.6 is 0 Å². The third-order valence-corrected chi connectivity index (χ3v) is 8.04. The summed E-state index contributed by atoms with van der Waals surface area (Å²) in [5, 5.41) is 9.18. The second kappa shape index (κ2) is 8.89. The third kappa shape index (κ3) is 4.19. The topological polar surface area (TPSA) is 103 Å². The SMILES string of the molecule is N#Cc1cccc(S(=O)(=O)N2CCc3nc(-c4ccncc4)nc(N4CCCCC4)c3C2)c1. The monoisotopic (exact) mass is 460 g/mol. The van der Waals surface area contributed by atoms with Crippen molar-refractivity contribution in [3.05, 3.63) is 65.6 Å². The van der Waals surface area contributed by atoms with Gasteiger partial charge in [0.15, 0.2) is 5.82 Å². The lowest BCUT2D eigenvalue weighted by Gasteiger charge is -2.34. The van der Waals surface area contributed by atoms with E-state index in [0.29, 0.717) is 24.4 Å². The van der Waals surface area contributed by atoms with Crippen molar-refractivity contribution in [2.24, 2.45) is 0 Å². The van der Waals surface area contributed by atoms with Crippen LogP contribution < -0.4 is 4.90 Å². The minimum Gasteiger partial charge on any atom is -0.356 e. The Balaban J connectivity index is 1.55. The van der Waals surface area contributed by atoms with Gasteiger partial charge in [-0.1, -0.05) is 6.07 Å². The smallest absolute Gasteiger partial charge is 0.243 e. The zero-order valence-corrected chi connectivity index (χ0v) is 19.0. The highest BCUT2D eigenvalue weighted by Crippen LogP contribution is 2.33. The van der Waals surface area contributed by atoms with Gasteiger partial charge in [0.25, 0.3) is 0 Å². The molecule has 0 atom stereocenters. The van der Waals surface area contributed by atoms with Gasteiger partial charge >= 0.3 is 0 Å². The number of pyridine rings is 1. The van der Waals surface area contributed by atoms with Gasteiger partial charge < -0.3 is 4.90 Å². The largest absolute Gasteiger partial charge is 0.356 e. The number of nitrogens with zero attached hydrogens (tertiary/aromatic N) is 6. The molecule has 168 valence electrons. The first-order chi connectivity index (χ1) is 16.1. The molecule has 0 aliphatic carbocycles. The minimum absolute atomic E-state index is 0.138. The lowest BCUT2D eigenvalue weighted by molar-refractivity contribution is 0.386. The quantitative estimate of drug-likeness (QED) is 0.589. The molecular weight excluding hydrogens is 436 g/mol. The van der Waals surface area contributed by atoms with Gasteiger partial charge in [-0.25, -0.2) is 18.4 Å². The van der Waals surface area contributed by atoms with E-state index in [-0.39, 0.29) is 11.4 Å². The van der Waals surface area contributed by atoms with Crippen LogP contribution in [-0.2, 0) is 23.0 Å². The highest BCUT2D eigenvalue weighted by Gasteiger charge is 2.33. The Morgan fingerprint density at radius 2 is 1.76 bits per heavy atom. The Morgan fingerprint density at radius 3 is 2.52 bits per heavy atom.